The Morgan fingerprint density at radius 2 is 1.90 bits per heavy atom. The van der Waals surface area contributed by atoms with Gasteiger partial charge in [0.05, 0.1) is 13.0 Å². The second-order valence-corrected chi connectivity index (χ2v) is 5.61. The maximum absolute atomic E-state index is 11.8. The van der Waals surface area contributed by atoms with Crippen LogP contribution in [-0.4, -0.2) is 24.6 Å². The highest BCUT2D eigenvalue weighted by Gasteiger charge is 2.27. The zero-order valence-electron chi connectivity index (χ0n) is 11.9. The zero-order valence-corrected chi connectivity index (χ0v) is 11.9. The number of carbonyl (C=O) groups excluding carboxylic acids is 1. The first-order valence-electron chi connectivity index (χ1n) is 7.41. The Morgan fingerprint density at radius 1 is 1.20 bits per heavy atom. The Labute approximate surface area is 120 Å². The largest absolute Gasteiger partial charge is 0.493 e. The summed E-state index contributed by atoms with van der Waals surface area (Å²) in [5.74, 6) is 0.805. The molecule has 0 radical (unpaired) electrons. The number of para-hydroxylation sites is 1. The third-order valence-corrected chi connectivity index (χ3v) is 3.83. The molecule has 0 saturated heterocycles. The standard InChI is InChI=1S/C16H24N2O2/c17-16(10-5-2-6-11-16)13-18-15(19)9-12-20-14-7-3-1-4-8-14/h1,3-4,7-8H,2,5-6,9-13,17H2,(H,18,19). The molecule has 0 aliphatic heterocycles. The zero-order chi connectivity index (χ0) is 14.3. The molecule has 0 bridgehead atoms. The second-order valence-electron chi connectivity index (χ2n) is 5.61. The lowest BCUT2D eigenvalue weighted by Gasteiger charge is -2.33. The molecule has 0 atom stereocenters. The number of hydrogen-bond acceptors (Lipinski definition) is 3. The Bertz CT molecular complexity index is 414. The molecule has 4 heteroatoms. The van der Waals surface area contributed by atoms with E-state index < -0.39 is 0 Å². The second kappa shape index (κ2) is 7.29. The van der Waals surface area contributed by atoms with Crippen LogP contribution in [0.1, 0.15) is 38.5 Å². The summed E-state index contributed by atoms with van der Waals surface area (Å²) in [6.07, 6.45) is 5.98. The van der Waals surface area contributed by atoms with Crippen molar-refractivity contribution in [1.82, 2.24) is 5.32 Å². The Morgan fingerprint density at radius 3 is 2.60 bits per heavy atom. The van der Waals surface area contributed by atoms with E-state index in [0.717, 1.165) is 18.6 Å². The van der Waals surface area contributed by atoms with E-state index in [1.165, 1.54) is 19.3 Å². The average molecular weight is 276 g/mol. The number of carbonyl (C=O) groups is 1. The first-order valence-corrected chi connectivity index (χ1v) is 7.41. The van der Waals surface area contributed by atoms with Crippen LogP contribution in [0.25, 0.3) is 0 Å². The van der Waals surface area contributed by atoms with E-state index in [1.54, 1.807) is 0 Å². The van der Waals surface area contributed by atoms with Gasteiger partial charge < -0.3 is 15.8 Å². The maximum Gasteiger partial charge on any atom is 0.223 e. The molecular weight excluding hydrogens is 252 g/mol. The summed E-state index contributed by atoms with van der Waals surface area (Å²) in [6, 6.07) is 9.53. The number of nitrogens with one attached hydrogen (secondary N) is 1. The fourth-order valence-electron chi connectivity index (χ4n) is 2.57. The summed E-state index contributed by atoms with van der Waals surface area (Å²) in [7, 11) is 0. The number of ether oxygens (including phenoxy) is 1. The van der Waals surface area contributed by atoms with Crippen molar-refractivity contribution in [1.29, 1.82) is 0 Å². The SMILES string of the molecule is NC1(CNC(=O)CCOc2ccccc2)CCCCC1. The lowest BCUT2D eigenvalue weighted by Crippen LogP contribution is -2.51. The van der Waals surface area contributed by atoms with E-state index in [4.69, 9.17) is 10.5 Å². The van der Waals surface area contributed by atoms with E-state index in [1.807, 2.05) is 30.3 Å². The van der Waals surface area contributed by atoms with E-state index >= 15 is 0 Å². The van der Waals surface area contributed by atoms with Gasteiger partial charge in [-0.1, -0.05) is 37.5 Å². The average Bonchev–Trinajstić information content (AvgIpc) is 2.47. The van der Waals surface area contributed by atoms with Crippen molar-refractivity contribution in [3.63, 3.8) is 0 Å². The first kappa shape index (κ1) is 14.9. The Hall–Kier alpha value is -1.55. The van der Waals surface area contributed by atoms with Crippen LogP contribution in [0, 0.1) is 0 Å². The quantitative estimate of drug-likeness (QED) is 0.837. The minimum atomic E-state index is -0.200. The fraction of sp³-hybridized carbons (Fsp3) is 0.562. The molecule has 3 N–H and O–H groups in total. The van der Waals surface area contributed by atoms with Gasteiger partial charge in [-0.15, -0.1) is 0 Å². The van der Waals surface area contributed by atoms with Gasteiger partial charge in [-0.3, -0.25) is 4.79 Å². The molecule has 20 heavy (non-hydrogen) atoms. The summed E-state index contributed by atoms with van der Waals surface area (Å²) in [6.45, 7) is 0.977. The molecule has 1 aliphatic carbocycles. The molecule has 1 amide bonds. The minimum absolute atomic E-state index is 0.0105. The number of hydrogen-bond donors (Lipinski definition) is 2. The predicted molar refractivity (Wildman–Crippen MR) is 79.6 cm³/mol. The van der Waals surface area contributed by atoms with Crippen LogP contribution in [0.15, 0.2) is 30.3 Å². The monoisotopic (exact) mass is 276 g/mol. The van der Waals surface area contributed by atoms with Crippen molar-refractivity contribution in [3.8, 4) is 5.75 Å². The van der Waals surface area contributed by atoms with Gasteiger partial charge in [0.15, 0.2) is 0 Å². The molecule has 0 spiro atoms. The molecule has 2 rings (SSSR count). The summed E-state index contributed by atoms with van der Waals surface area (Å²) in [5.41, 5.74) is 6.08. The molecule has 110 valence electrons. The number of amides is 1. The van der Waals surface area contributed by atoms with Crippen LogP contribution in [-0.2, 0) is 4.79 Å². The van der Waals surface area contributed by atoms with Crippen LogP contribution < -0.4 is 15.8 Å². The molecule has 4 nitrogen and oxygen atoms in total. The van der Waals surface area contributed by atoms with Crippen molar-refractivity contribution in [3.05, 3.63) is 30.3 Å². The number of benzene rings is 1. The smallest absolute Gasteiger partial charge is 0.223 e. The van der Waals surface area contributed by atoms with Gasteiger partial charge in [0.1, 0.15) is 5.75 Å². The molecule has 1 aliphatic rings. The third-order valence-electron chi connectivity index (χ3n) is 3.83. The molecule has 0 heterocycles. The lowest BCUT2D eigenvalue weighted by atomic mass is 9.82. The van der Waals surface area contributed by atoms with Crippen LogP contribution in [0.4, 0.5) is 0 Å². The minimum Gasteiger partial charge on any atom is -0.493 e. The molecule has 1 saturated carbocycles. The highest BCUT2D eigenvalue weighted by atomic mass is 16.5. The van der Waals surface area contributed by atoms with E-state index in [9.17, 15) is 4.79 Å². The van der Waals surface area contributed by atoms with Gasteiger partial charge in [-0.2, -0.15) is 0 Å². The summed E-state index contributed by atoms with van der Waals surface area (Å²) >= 11 is 0. The van der Waals surface area contributed by atoms with Crippen molar-refractivity contribution in [2.24, 2.45) is 5.73 Å². The van der Waals surface area contributed by atoms with Crippen LogP contribution in [0.2, 0.25) is 0 Å². The van der Waals surface area contributed by atoms with Crippen LogP contribution in [0.3, 0.4) is 0 Å². The predicted octanol–water partition coefficient (Wildman–Crippen LogP) is 2.23. The third kappa shape index (κ3) is 4.85. The summed E-state index contributed by atoms with van der Waals surface area (Å²) in [5, 5.41) is 2.94. The van der Waals surface area contributed by atoms with Crippen LogP contribution in [0.5, 0.6) is 5.75 Å². The molecule has 1 fully saturated rings. The molecule has 0 unspecified atom stereocenters. The summed E-state index contributed by atoms with van der Waals surface area (Å²) in [4.78, 5) is 11.8. The van der Waals surface area contributed by atoms with Crippen molar-refractivity contribution < 1.29 is 9.53 Å². The van der Waals surface area contributed by atoms with Gasteiger partial charge in [0.2, 0.25) is 5.91 Å². The summed E-state index contributed by atoms with van der Waals surface area (Å²) < 4.78 is 5.50. The van der Waals surface area contributed by atoms with Crippen molar-refractivity contribution >= 4 is 5.91 Å². The van der Waals surface area contributed by atoms with Crippen molar-refractivity contribution in [2.75, 3.05) is 13.2 Å². The fourth-order valence-corrected chi connectivity index (χ4v) is 2.57. The highest BCUT2D eigenvalue weighted by Crippen LogP contribution is 2.25. The Kier molecular flexibility index (Phi) is 5.41. The van der Waals surface area contributed by atoms with Crippen molar-refractivity contribution in [2.45, 2.75) is 44.1 Å². The maximum atomic E-state index is 11.8. The van der Waals surface area contributed by atoms with E-state index in [-0.39, 0.29) is 11.4 Å². The lowest BCUT2D eigenvalue weighted by molar-refractivity contribution is -0.121. The topological polar surface area (TPSA) is 64.3 Å². The van der Waals surface area contributed by atoms with Gasteiger partial charge in [0, 0.05) is 12.1 Å². The van der Waals surface area contributed by atoms with Gasteiger partial charge in [-0.25, -0.2) is 0 Å². The number of rotatable bonds is 6. The van der Waals surface area contributed by atoms with Gasteiger partial charge in [-0.05, 0) is 25.0 Å². The van der Waals surface area contributed by atoms with E-state index in [0.29, 0.717) is 19.6 Å². The van der Waals surface area contributed by atoms with Gasteiger partial charge >= 0.3 is 0 Å². The van der Waals surface area contributed by atoms with E-state index in [2.05, 4.69) is 5.32 Å². The number of nitrogens with two attached hydrogens (primary N) is 1. The first-order chi connectivity index (χ1) is 9.68. The van der Waals surface area contributed by atoms with Gasteiger partial charge in [0.25, 0.3) is 0 Å². The molecular formula is C16H24N2O2. The highest BCUT2D eigenvalue weighted by molar-refractivity contribution is 5.76. The van der Waals surface area contributed by atoms with Crippen LogP contribution >= 0.6 is 0 Å². The normalized spacial score (nSPS) is 17.4. The molecule has 0 aromatic heterocycles. The Balaban J connectivity index is 1.63. The molecule has 1 aromatic rings. The molecule has 1 aromatic carbocycles.